The van der Waals surface area contributed by atoms with Crippen molar-refractivity contribution in [1.82, 2.24) is 0 Å². The van der Waals surface area contributed by atoms with Gasteiger partial charge in [0.1, 0.15) is 0 Å². The average molecular weight is 595 g/mol. The fraction of sp³-hybridized carbons (Fsp3) is 1.00. The predicted octanol–water partition coefficient (Wildman–Crippen LogP) is 4.20. The van der Waals surface area contributed by atoms with Crippen molar-refractivity contribution in [2.24, 2.45) is 0 Å². The van der Waals surface area contributed by atoms with E-state index < -0.39 is 0 Å². The van der Waals surface area contributed by atoms with Gasteiger partial charge in [-0.15, -0.1) is 0 Å². The van der Waals surface area contributed by atoms with Crippen molar-refractivity contribution in [3.05, 3.63) is 0 Å². The third kappa shape index (κ3) is 177. The largest absolute Gasteiger partial charge is 0.0776 e. The molecule has 0 spiro atoms. The molecule has 0 rings (SSSR count). The molecule has 0 aliphatic heterocycles. The Labute approximate surface area is 548 Å². The van der Waals surface area contributed by atoms with Crippen LogP contribution >= 0.6 is 0 Å². The van der Waals surface area contributed by atoms with Crippen LogP contribution in [0.1, 0.15) is 89.1 Å². The summed E-state index contributed by atoms with van der Waals surface area (Å²) in [6.07, 6.45) is 0. The molecule has 0 amide bonds. The molecule has 0 bridgehead atoms. The Morgan fingerprint density at radius 1 is 0.136 bits per heavy atom. The fourth-order valence-electron chi connectivity index (χ4n) is 0. The first-order valence-electron chi connectivity index (χ1n) is 0. The van der Waals surface area contributed by atoms with Crippen LogP contribution in [0.5, 0.6) is 0 Å². The molecular formula is C12H48K9V. The van der Waals surface area contributed by atoms with Gasteiger partial charge in [-0.2, -0.15) is 0 Å². The van der Waals surface area contributed by atoms with Gasteiger partial charge in [-0.3, -0.25) is 0 Å². The normalized spacial score (nSPS) is 0. The van der Waals surface area contributed by atoms with Gasteiger partial charge in [0.25, 0.3) is 0 Å². The summed E-state index contributed by atoms with van der Waals surface area (Å²) >= 11 is 0. The molecule has 10 heteroatoms. The molecule has 0 aliphatic rings. The zero-order valence-corrected chi connectivity index (χ0v) is 39.0. The molecule has 0 aromatic rings. The summed E-state index contributed by atoms with van der Waals surface area (Å²) < 4.78 is 0. The molecule has 0 aromatic heterocycles. The van der Waals surface area contributed by atoms with Crippen LogP contribution in [-0.4, -0.2) is 462 Å². The van der Waals surface area contributed by atoms with E-state index >= 15 is 0 Å². The van der Waals surface area contributed by atoms with Gasteiger partial charge in [-0.1, -0.05) is 89.1 Å². The SMILES string of the molecule is C.C.C.C.C.C.C.C.C.C.C.C.[K].[K].[K].[K].[K].[K].[K].[K].[K].[V]. The van der Waals surface area contributed by atoms with Crippen molar-refractivity contribution in [2.75, 3.05) is 0 Å². The molecule has 0 aliphatic carbocycles. The van der Waals surface area contributed by atoms with E-state index in [-0.39, 0.29) is 570 Å². The third-order valence-corrected chi connectivity index (χ3v) is 0. The van der Waals surface area contributed by atoms with Gasteiger partial charge in [0, 0.05) is 481 Å². The van der Waals surface area contributed by atoms with Crippen molar-refractivity contribution < 1.29 is 18.6 Å². The van der Waals surface area contributed by atoms with Gasteiger partial charge in [0.15, 0.2) is 0 Å². The van der Waals surface area contributed by atoms with E-state index in [4.69, 9.17) is 0 Å². The Kier molecular flexibility index (Phi) is 1840. The van der Waals surface area contributed by atoms with Crippen molar-refractivity contribution >= 4 is 462 Å². The summed E-state index contributed by atoms with van der Waals surface area (Å²) in [6.45, 7) is 0. The maximum atomic E-state index is 0. The van der Waals surface area contributed by atoms with E-state index in [0.717, 1.165) is 0 Å². The first kappa shape index (κ1) is 210. The second-order valence-corrected chi connectivity index (χ2v) is 0. The molecule has 10 radical (unpaired) electrons. The summed E-state index contributed by atoms with van der Waals surface area (Å²) in [5.41, 5.74) is 0. The Morgan fingerprint density at radius 3 is 0.136 bits per heavy atom. The van der Waals surface area contributed by atoms with Crippen LogP contribution in [0.15, 0.2) is 0 Å². The smallest absolute Gasteiger partial charge is 0 e. The Hall–Kier alpha value is 15.3. The molecule has 0 fully saturated rings. The number of hydrogen-bond acceptors (Lipinski definition) is 0. The molecule has 0 atom stereocenters. The van der Waals surface area contributed by atoms with Crippen molar-refractivity contribution in [2.45, 2.75) is 89.1 Å². The first-order valence-corrected chi connectivity index (χ1v) is 0. The quantitative estimate of drug-likeness (QED) is 0.369. The predicted molar refractivity (Wildman–Crippen MR) is 133 cm³/mol. The van der Waals surface area contributed by atoms with Crippen LogP contribution in [0, 0.1) is 0 Å². The topological polar surface area (TPSA) is 0 Å². The molecule has 0 unspecified atom stereocenters. The standard InChI is InChI=1S/12CH4.9K.V/h12*1H4;;;;;;;;;;. The monoisotopic (exact) mass is 594 g/mol. The molecule has 22 heavy (non-hydrogen) atoms. The van der Waals surface area contributed by atoms with Crippen molar-refractivity contribution in [1.29, 1.82) is 0 Å². The van der Waals surface area contributed by atoms with Crippen molar-refractivity contribution in [3.63, 3.8) is 0 Å². The van der Waals surface area contributed by atoms with E-state index in [1.54, 1.807) is 0 Å². The summed E-state index contributed by atoms with van der Waals surface area (Å²) in [6, 6.07) is 0. The van der Waals surface area contributed by atoms with Crippen LogP contribution in [0.4, 0.5) is 0 Å². The van der Waals surface area contributed by atoms with E-state index in [0.29, 0.717) is 0 Å². The van der Waals surface area contributed by atoms with Crippen LogP contribution in [0.3, 0.4) is 0 Å². The molecule has 0 aromatic carbocycles. The van der Waals surface area contributed by atoms with Gasteiger partial charge in [0.2, 0.25) is 0 Å². The van der Waals surface area contributed by atoms with Gasteiger partial charge in [0.05, 0.1) is 0 Å². The van der Waals surface area contributed by atoms with E-state index in [1.807, 2.05) is 0 Å². The fourth-order valence-corrected chi connectivity index (χ4v) is 0. The number of rotatable bonds is 0. The second-order valence-electron chi connectivity index (χ2n) is 0. The summed E-state index contributed by atoms with van der Waals surface area (Å²) in [5, 5.41) is 0. The molecule has 0 nitrogen and oxygen atoms in total. The third-order valence-electron chi connectivity index (χ3n) is 0. The van der Waals surface area contributed by atoms with Gasteiger partial charge >= 0.3 is 0 Å². The Bertz CT molecular complexity index is 26.6. The molecule has 0 heterocycles. The van der Waals surface area contributed by atoms with Crippen LogP contribution in [0.25, 0.3) is 0 Å². The van der Waals surface area contributed by atoms with E-state index in [1.165, 1.54) is 0 Å². The first-order chi connectivity index (χ1) is 0. The van der Waals surface area contributed by atoms with Crippen LogP contribution in [0.2, 0.25) is 0 Å². The maximum Gasteiger partial charge on any atom is 0 e. The average Bonchev–Trinajstić information content (AvgIpc) is 0. The maximum absolute atomic E-state index is 0. The Morgan fingerprint density at radius 2 is 0.136 bits per heavy atom. The van der Waals surface area contributed by atoms with E-state index in [2.05, 4.69) is 0 Å². The molecular weight excluding hydrogens is 547 g/mol. The van der Waals surface area contributed by atoms with Gasteiger partial charge in [-0.25, -0.2) is 0 Å². The molecule has 0 saturated carbocycles. The minimum Gasteiger partial charge on any atom is -0.0776 e. The second kappa shape index (κ2) is 193. The molecule has 0 N–H and O–H groups in total. The van der Waals surface area contributed by atoms with Gasteiger partial charge in [-0.05, 0) is 0 Å². The van der Waals surface area contributed by atoms with Crippen molar-refractivity contribution in [3.8, 4) is 0 Å². The summed E-state index contributed by atoms with van der Waals surface area (Å²) in [7, 11) is 0. The minimum absolute atomic E-state index is 0. The van der Waals surface area contributed by atoms with E-state index in [9.17, 15) is 0 Å². The zero-order chi connectivity index (χ0) is 0. The van der Waals surface area contributed by atoms with Crippen LogP contribution in [-0.2, 0) is 18.6 Å². The Balaban J connectivity index is 0. The summed E-state index contributed by atoms with van der Waals surface area (Å²) in [5.74, 6) is 0. The molecule has 110 valence electrons. The number of hydrogen-bond donors (Lipinski definition) is 0. The zero-order valence-electron chi connectivity index (χ0n) is 9.45. The minimum atomic E-state index is 0. The summed E-state index contributed by atoms with van der Waals surface area (Å²) in [4.78, 5) is 0. The van der Waals surface area contributed by atoms with Gasteiger partial charge < -0.3 is 0 Å². The van der Waals surface area contributed by atoms with Crippen LogP contribution < -0.4 is 0 Å². The molecule has 0 saturated heterocycles.